The van der Waals surface area contributed by atoms with E-state index in [0.717, 1.165) is 70.6 Å². The van der Waals surface area contributed by atoms with E-state index in [-0.39, 0.29) is 31.1 Å². The number of carbonyl (C=O) groups is 3. The van der Waals surface area contributed by atoms with Crippen LogP contribution in [0.3, 0.4) is 0 Å². The Bertz CT molecular complexity index is 880. The smallest absolute Gasteiger partial charge is 0.306 e. The van der Waals surface area contributed by atoms with Crippen molar-refractivity contribution >= 4 is 17.9 Å². The zero-order valence-corrected chi connectivity index (χ0v) is 36.0. The summed E-state index contributed by atoms with van der Waals surface area (Å²) in [4.78, 5) is 37.7. The van der Waals surface area contributed by atoms with Crippen LogP contribution in [0.4, 0.5) is 0 Å². The molecule has 0 radical (unpaired) electrons. The van der Waals surface area contributed by atoms with Gasteiger partial charge in [0.25, 0.3) is 0 Å². The van der Waals surface area contributed by atoms with E-state index in [9.17, 15) is 14.4 Å². The molecule has 0 aromatic carbocycles. The Morgan fingerprint density at radius 3 is 0.944 bits per heavy atom. The Morgan fingerprint density at radius 2 is 0.611 bits per heavy atom. The molecule has 6 nitrogen and oxygen atoms in total. The Labute approximate surface area is 334 Å². The Hall–Kier alpha value is -2.11. The maximum absolute atomic E-state index is 12.7. The highest BCUT2D eigenvalue weighted by Crippen LogP contribution is 2.14. The van der Waals surface area contributed by atoms with Crippen molar-refractivity contribution in [3.05, 3.63) is 24.3 Å². The van der Waals surface area contributed by atoms with E-state index in [1.54, 1.807) is 0 Å². The summed E-state index contributed by atoms with van der Waals surface area (Å²) in [6, 6.07) is 0. The van der Waals surface area contributed by atoms with E-state index in [0.29, 0.717) is 19.3 Å². The molecule has 0 saturated heterocycles. The van der Waals surface area contributed by atoms with Crippen molar-refractivity contribution in [2.45, 2.75) is 252 Å². The molecular weight excluding hydrogens is 673 g/mol. The van der Waals surface area contributed by atoms with Gasteiger partial charge >= 0.3 is 17.9 Å². The van der Waals surface area contributed by atoms with Crippen LogP contribution >= 0.6 is 0 Å². The van der Waals surface area contributed by atoms with E-state index >= 15 is 0 Å². The zero-order valence-electron chi connectivity index (χ0n) is 36.0. The maximum Gasteiger partial charge on any atom is 0.306 e. The van der Waals surface area contributed by atoms with Crippen molar-refractivity contribution in [1.82, 2.24) is 0 Å². The summed E-state index contributed by atoms with van der Waals surface area (Å²) >= 11 is 0. The molecule has 0 saturated carbocycles. The van der Waals surface area contributed by atoms with Gasteiger partial charge in [-0.2, -0.15) is 0 Å². The van der Waals surface area contributed by atoms with E-state index < -0.39 is 6.10 Å². The first-order valence-corrected chi connectivity index (χ1v) is 23.3. The first-order valence-electron chi connectivity index (χ1n) is 23.3. The highest BCUT2D eigenvalue weighted by atomic mass is 16.6. The molecule has 0 N–H and O–H groups in total. The van der Waals surface area contributed by atoms with Gasteiger partial charge in [0.2, 0.25) is 0 Å². The second-order valence-electron chi connectivity index (χ2n) is 15.7. The molecule has 0 aromatic rings. The third-order valence-corrected chi connectivity index (χ3v) is 10.2. The van der Waals surface area contributed by atoms with Crippen molar-refractivity contribution in [2.75, 3.05) is 13.2 Å². The molecule has 0 aliphatic rings. The van der Waals surface area contributed by atoms with E-state index in [1.165, 1.54) is 135 Å². The average molecular weight is 761 g/mol. The molecule has 0 rings (SSSR count). The summed E-state index contributed by atoms with van der Waals surface area (Å²) in [6.07, 6.45) is 47.2. The van der Waals surface area contributed by atoms with Gasteiger partial charge in [0.05, 0.1) is 0 Å². The number of rotatable bonds is 42. The fourth-order valence-electron chi connectivity index (χ4n) is 6.61. The maximum atomic E-state index is 12.7. The van der Waals surface area contributed by atoms with Crippen molar-refractivity contribution in [2.24, 2.45) is 0 Å². The first kappa shape index (κ1) is 51.9. The normalized spacial score (nSPS) is 12.1. The standard InChI is InChI=1S/C48H88O6/c1-4-7-10-13-16-19-22-24-26-29-32-35-38-41-47(50)53-44-45(43-52-46(49)40-37-34-31-28-21-18-15-12-9-6-3)54-48(51)42-39-36-33-30-27-25-23-20-17-14-11-8-5-2/h19-20,22-23,45H,4-18,21,24-44H2,1-3H3/b22-19-,23-20-. The average Bonchev–Trinajstić information content (AvgIpc) is 3.17. The summed E-state index contributed by atoms with van der Waals surface area (Å²) in [7, 11) is 0. The number of carbonyl (C=O) groups excluding carboxylic acids is 3. The monoisotopic (exact) mass is 761 g/mol. The minimum absolute atomic E-state index is 0.0745. The van der Waals surface area contributed by atoms with Gasteiger partial charge in [0, 0.05) is 19.3 Å². The van der Waals surface area contributed by atoms with Crippen molar-refractivity contribution in [3.63, 3.8) is 0 Å². The predicted molar refractivity (Wildman–Crippen MR) is 229 cm³/mol. The highest BCUT2D eigenvalue weighted by Gasteiger charge is 2.19. The zero-order chi connectivity index (χ0) is 39.4. The summed E-state index contributed by atoms with van der Waals surface area (Å²) in [6.45, 7) is 6.58. The van der Waals surface area contributed by atoms with Crippen LogP contribution in [0.15, 0.2) is 24.3 Å². The summed E-state index contributed by atoms with van der Waals surface area (Å²) < 4.78 is 16.7. The molecule has 0 aliphatic heterocycles. The van der Waals surface area contributed by atoms with Crippen LogP contribution in [0.25, 0.3) is 0 Å². The van der Waals surface area contributed by atoms with Gasteiger partial charge < -0.3 is 14.2 Å². The number of hydrogen-bond acceptors (Lipinski definition) is 6. The molecule has 54 heavy (non-hydrogen) atoms. The molecule has 0 aromatic heterocycles. The first-order chi connectivity index (χ1) is 26.5. The van der Waals surface area contributed by atoms with Gasteiger partial charge in [-0.15, -0.1) is 0 Å². The number of hydrogen-bond donors (Lipinski definition) is 0. The van der Waals surface area contributed by atoms with Crippen LogP contribution in [-0.4, -0.2) is 37.2 Å². The Kier molecular flexibility index (Phi) is 41.9. The number of esters is 3. The van der Waals surface area contributed by atoms with Gasteiger partial charge in [-0.05, 0) is 70.6 Å². The molecule has 1 atom stereocenters. The van der Waals surface area contributed by atoms with Gasteiger partial charge in [-0.3, -0.25) is 14.4 Å². The number of unbranched alkanes of at least 4 members (excludes halogenated alkanes) is 27. The van der Waals surface area contributed by atoms with Crippen LogP contribution in [0.2, 0.25) is 0 Å². The van der Waals surface area contributed by atoms with Crippen molar-refractivity contribution < 1.29 is 28.6 Å². The fraction of sp³-hybridized carbons (Fsp3) is 0.854. The van der Waals surface area contributed by atoms with Gasteiger partial charge in [0.1, 0.15) is 13.2 Å². The Morgan fingerprint density at radius 1 is 0.352 bits per heavy atom. The van der Waals surface area contributed by atoms with Crippen LogP contribution in [-0.2, 0) is 28.6 Å². The van der Waals surface area contributed by atoms with Crippen molar-refractivity contribution in [1.29, 1.82) is 0 Å². The molecule has 0 amide bonds. The lowest BCUT2D eigenvalue weighted by Crippen LogP contribution is -2.30. The molecule has 0 spiro atoms. The second kappa shape index (κ2) is 43.6. The Balaban J connectivity index is 4.37. The van der Waals surface area contributed by atoms with Gasteiger partial charge in [-0.25, -0.2) is 0 Å². The summed E-state index contributed by atoms with van der Waals surface area (Å²) in [5, 5.41) is 0. The lowest BCUT2D eigenvalue weighted by Gasteiger charge is -2.18. The largest absolute Gasteiger partial charge is 0.462 e. The lowest BCUT2D eigenvalue weighted by atomic mass is 10.1. The lowest BCUT2D eigenvalue weighted by molar-refractivity contribution is -0.167. The SMILES string of the molecule is CCCCCC/C=C\CCCCCCCC(=O)OCC(COC(=O)CCCCCCCCCCCC)OC(=O)CCCCCCC/C=C\CCCCCC. The third kappa shape index (κ3) is 41.1. The molecule has 6 heteroatoms. The number of ether oxygens (including phenoxy) is 3. The summed E-state index contributed by atoms with van der Waals surface area (Å²) in [5.41, 5.74) is 0. The molecule has 316 valence electrons. The van der Waals surface area contributed by atoms with Crippen LogP contribution < -0.4 is 0 Å². The topological polar surface area (TPSA) is 78.9 Å². The molecule has 0 aliphatic carbocycles. The second-order valence-corrected chi connectivity index (χ2v) is 15.7. The van der Waals surface area contributed by atoms with Gasteiger partial charge in [0.15, 0.2) is 6.10 Å². The van der Waals surface area contributed by atoms with Crippen LogP contribution in [0, 0.1) is 0 Å². The molecule has 1 unspecified atom stereocenters. The van der Waals surface area contributed by atoms with E-state index in [2.05, 4.69) is 45.1 Å². The summed E-state index contributed by atoms with van der Waals surface area (Å²) in [5.74, 6) is -0.889. The highest BCUT2D eigenvalue weighted by molar-refractivity contribution is 5.71. The fourth-order valence-corrected chi connectivity index (χ4v) is 6.61. The van der Waals surface area contributed by atoms with E-state index in [4.69, 9.17) is 14.2 Å². The van der Waals surface area contributed by atoms with E-state index in [1.807, 2.05) is 0 Å². The predicted octanol–water partition coefficient (Wildman–Crippen LogP) is 14.8. The molecule has 0 fully saturated rings. The molecular formula is C48H88O6. The quantitative estimate of drug-likeness (QED) is 0.0267. The minimum Gasteiger partial charge on any atom is -0.462 e. The molecule has 0 heterocycles. The molecule has 0 bridgehead atoms. The van der Waals surface area contributed by atoms with Crippen LogP contribution in [0.1, 0.15) is 245 Å². The third-order valence-electron chi connectivity index (χ3n) is 10.2. The van der Waals surface area contributed by atoms with Crippen LogP contribution in [0.5, 0.6) is 0 Å². The number of allylic oxidation sites excluding steroid dienone is 4. The minimum atomic E-state index is -0.772. The van der Waals surface area contributed by atoms with Gasteiger partial charge in [-0.1, -0.05) is 180 Å². The van der Waals surface area contributed by atoms with Crippen molar-refractivity contribution in [3.8, 4) is 0 Å².